The fourth-order valence-electron chi connectivity index (χ4n) is 3.86. The van der Waals surface area contributed by atoms with Crippen LogP contribution in [0.25, 0.3) is 0 Å². The van der Waals surface area contributed by atoms with Crippen molar-refractivity contribution < 1.29 is 9.53 Å². The summed E-state index contributed by atoms with van der Waals surface area (Å²) in [4.78, 5) is 14.9. The molecule has 0 saturated carbocycles. The van der Waals surface area contributed by atoms with Gasteiger partial charge in [-0.2, -0.15) is 0 Å². The highest BCUT2D eigenvalue weighted by Crippen LogP contribution is 2.25. The van der Waals surface area contributed by atoms with Gasteiger partial charge in [0, 0.05) is 32.2 Å². The van der Waals surface area contributed by atoms with Gasteiger partial charge >= 0.3 is 0 Å². The van der Waals surface area contributed by atoms with Gasteiger partial charge in [-0.1, -0.05) is 42.1 Å². The Morgan fingerprint density at radius 3 is 2.57 bits per heavy atom. The molecule has 2 heterocycles. The standard InChI is InChI=1S/C21H30N4O2S/c1-16-8-7-9-17(2)25(16)20(26)15-28-21-23-22-19(24(21)12-13-27-3)14-18-10-5-4-6-11-18/h4-6,10-11,16-17H,7-9,12-15H2,1-3H3/t16-,17+. The molecule has 0 spiro atoms. The predicted molar refractivity (Wildman–Crippen MR) is 111 cm³/mol. The average molecular weight is 403 g/mol. The van der Waals surface area contributed by atoms with Gasteiger partial charge in [0.2, 0.25) is 5.91 Å². The highest BCUT2D eigenvalue weighted by atomic mass is 32.2. The molecule has 152 valence electrons. The third kappa shape index (κ3) is 5.14. The lowest BCUT2D eigenvalue weighted by molar-refractivity contribution is -0.134. The first-order valence-corrected chi connectivity index (χ1v) is 11.0. The monoisotopic (exact) mass is 402 g/mol. The van der Waals surface area contributed by atoms with Crippen LogP contribution in [0.2, 0.25) is 0 Å². The molecular formula is C21H30N4O2S. The topological polar surface area (TPSA) is 60.2 Å². The highest BCUT2D eigenvalue weighted by Gasteiger charge is 2.29. The smallest absolute Gasteiger partial charge is 0.233 e. The Labute approximate surface area is 171 Å². The van der Waals surface area contributed by atoms with E-state index in [0.717, 1.165) is 23.8 Å². The van der Waals surface area contributed by atoms with E-state index in [1.807, 2.05) is 18.2 Å². The Bertz CT molecular complexity index is 755. The van der Waals surface area contributed by atoms with Crippen LogP contribution in [-0.4, -0.2) is 57.1 Å². The molecule has 6 nitrogen and oxygen atoms in total. The van der Waals surface area contributed by atoms with E-state index in [2.05, 4.69) is 45.6 Å². The Morgan fingerprint density at radius 2 is 1.89 bits per heavy atom. The van der Waals surface area contributed by atoms with Crippen LogP contribution < -0.4 is 0 Å². The minimum Gasteiger partial charge on any atom is -0.383 e. The van der Waals surface area contributed by atoms with Crippen LogP contribution in [0.1, 0.15) is 44.5 Å². The summed E-state index contributed by atoms with van der Waals surface area (Å²) < 4.78 is 7.34. The molecule has 1 amide bonds. The van der Waals surface area contributed by atoms with E-state index in [9.17, 15) is 4.79 Å². The zero-order valence-corrected chi connectivity index (χ0v) is 17.8. The summed E-state index contributed by atoms with van der Waals surface area (Å²) in [6.45, 7) is 5.56. The zero-order valence-electron chi connectivity index (χ0n) is 17.0. The van der Waals surface area contributed by atoms with E-state index in [0.29, 0.717) is 37.4 Å². The summed E-state index contributed by atoms with van der Waals surface area (Å²) in [6.07, 6.45) is 4.09. The summed E-state index contributed by atoms with van der Waals surface area (Å²) in [7, 11) is 1.69. The minimum atomic E-state index is 0.190. The minimum absolute atomic E-state index is 0.190. The number of carbonyl (C=O) groups is 1. The number of carbonyl (C=O) groups excluding carboxylic acids is 1. The first kappa shape index (κ1) is 20.9. The average Bonchev–Trinajstić information content (AvgIpc) is 3.06. The van der Waals surface area contributed by atoms with E-state index in [1.54, 1.807) is 7.11 Å². The van der Waals surface area contributed by atoms with Crippen molar-refractivity contribution in [3.05, 3.63) is 41.7 Å². The van der Waals surface area contributed by atoms with Crippen LogP contribution in [0, 0.1) is 0 Å². The summed E-state index contributed by atoms with van der Waals surface area (Å²) in [5.74, 6) is 1.49. The number of hydrogen-bond acceptors (Lipinski definition) is 5. The van der Waals surface area contributed by atoms with Gasteiger partial charge in [-0.05, 0) is 38.7 Å². The lowest BCUT2D eigenvalue weighted by Crippen LogP contribution is -2.48. The van der Waals surface area contributed by atoms with Crippen LogP contribution in [0.4, 0.5) is 0 Å². The summed E-state index contributed by atoms with van der Waals surface area (Å²) in [6, 6.07) is 10.9. The fraction of sp³-hybridized carbons (Fsp3) is 0.571. The summed E-state index contributed by atoms with van der Waals surface area (Å²) in [5.41, 5.74) is 1.19. The largest absolute Gasteiger partial charge is 0.383 e. The van der Waals surface area contributed by atoms with E-state index < -0.39 is 0 Å². The van der Waals surface area contributed by atoms with Gasteiger partial charge in [0.05, 0.1) is 12.4 Å². The summed E-state index contributed by atoms with van der Waals surface area (Å²) >= 11 is 1.48. The van der Waals surface area contributed by atoms with E-state index in [-0.39, 0.29) is 5.91 Å². The first-order chi connectivity index (χ1) is 13.6. The molecule has 2 aromatic rings. The molecule has 1 fully saturated rings. The number of ether oxygens (including phenoxy) is 1. The van der Waals surface area contributed by atoms with Crippen molar-refractivity contribution in [3.8, 4) is 0 Å². The Kier molecular flexibility index (Phi) is 7.50. The second-order valence-electron chi connectivity index (χ2n) is 7.42. The quantitative estimate of drug-likeness (QED) is 0.634. The van der Waals surface area contributed by atoms with Crippen molar-refractivity contribution in [2.45, 2.75) is 63.3 Å². The van der Waals surface area contributed by atoms with Gasteiger partial charge in [0.1, 0.15) is 5.82 Å². The molecule has 2 atom stereocenters. The van der Waals surface area contributed by atoms with Crippen LogP contribution in [0.3, 0.4) is 0 Å². The molecule has 0 unspecified atom stereocenters. The van der Waals surface area contributed by atoms with Crippen molar-refractivity contribution in [3.63, 3.8) is 0 Å². The Balaban J connectivity index is 1.69. The van der Waals surface area contributed by atoms with Gasteiger partial charge in [-0.15, -0.1) is 10.2 Å². The Morgan fingerprint density at radius 1 is 1.18 bits per heavy atom. The van der Waals surface area contributed by atoms with Crippen molar-refractivity contribution >= 4 is 17.7 Å². The van der Waals surface area contributed by atoms with Gasteiger partial charge < -0.3 is 14.2 Å². The van der Waals surface area contributed by atoms with Crippen LogP contribution >= 0.6 is 11.8 Å². The number of aromatic nitrogens is 3. The van der Waals surface area contributed by atoms with E-state index in [1.165, 1.54) is 23.7 Å². The molecule has 28 heavy (non-hydrogen) atoms. The van der Waals surface area contributed by atoms with Crippen molar-refractivity contribution in [2.24, 2.45) is 0 Å². The molecule has 1 aromatic carbocycles. The maximum Gasteiger partial charge on any atom is 0.233 e. The number of benzene rings is 1. The van der Waals surface area contributed by atoms with Crippen LogP contribution in [0.15, 0.2) is 35.5 Å². The summed E-state index contributed by atoms with van der Waals surface area (Å²) in [5, 5.41) is 9.55. The molecule has 0 bridgehead atoms. The van der Waals surface area contributed by atoms with Crippen LogP contribution in [-0.2, 0) is 22.5 Å². The predicted octanol–water partition coefficient (Wildman–Crippen LogP) is 3.40. The second kappa shape index (κ2) is 10.1. The molecule has 1 saturated heterocycles. The molecule has 7 heteroatoms. The van der Waals surface area contributed by atoms with E-state index in [4.69, 9.17) is 4.74 Å². The van der Waals surface area contributed by atoms with Gasteiger partial charge in [-0.25, -0.2) is 0 Å². The van der Waals surface area contributed by atoms with Crippen molar-refractivity contribution in [1.29, 1.82) is 0 Å². The zero-order chi connectivity index (χ0) is 19.9. The highest BCUT2D eigenvalue weighted by molar-refractivity contribution is 7.99. The number of methoxy groups -OCH3 is 1. The molecular weight excluding hydrogens is 372 g/mol. The van der Waals surface area contributed by atoms with Gasteiger partial charge in [0.25, 0.3) is 0 Å². The van der Waals surface area contributed by atoms with Crippen molar-refractivity contribution in [1.82, 2.24) is 19.7 Å². The van der Waals surface area contributed by atoms with Gasteiger partial charge in [0.15, 0.2) is 5.16 Å². The lowest BCUT2D eigenvalue weighted by Gasteiger charge is -2.39. The van der Waals surface area contributed by atoms with Crippen molar-refractivity contribution in [2.75, 3.05) is 19.5 Å². The van der Waals surface area contributed by atoms with E-state index >= 15 is 0 Å². The number of amides is 1. The third-order valence-electron chi connectivity index (χ3n) is 5.32. The Hall–Kier alpha value is -1.86. The molecule has 0 radical (unpaired) electrons. The molecule has 1 aliphatic rings. The molecule has 3 rings (SSSR count). The number of thioether (sulfide) groups is 1. The SMILES string of the molecule is COCCn1c(Cc2ccccc2)nnc1SCC(=O)N1[C@H](C)CCC[C@@H]1C. The number of piperidine rings is 1. The van der Waals surface area contributed by atoms with Crippen LogP contribution in [0.5, 0.6) is 0 Å². The third-order valence-corrected chi connectivity index (χ3v) is 6.28. The molecule has 0 aliphatic carbocycles. The maximum absolute atomic E-state index is 12.8. The number of nitrogens with zero attached hydrogens (tertiary/aromatic N) is 4. The second-order valence-corrected chi connectivity index (χ2v) is 8.37. The normalized spacial score (nSPS) is 19.8. The molecule has 0 N–H and O–H groups in total. The first-order valence-electron chi connectivity index (χ1n) is 9.99. The maximum atomic E-state index is 12.8. The van der Waals surface area contributed by atoms with Gasteiger partial charge in [-0.3, -0.25) is 4.79 Å². The number of likely N-dealkylation sites (tertiary alicyclic amines) is 1. The fourth-order valence-corrected chi connectivity index (χ4v) is 4.71. The number of rotatable bonds is 8. The lowest BCUT2D eigenvalue weighted by atomic mass is 9.98. The molecule has 1 aromatic heterocycles. The molecule has 1 aliphatic heterocycles. The number of hydrogen-bond donors (Lipinski definition) is 0.